The average Bonchev–Trinajstić information content (AvgIpc) is 2.70. The highest BCUT2D eigenvalue weighted by Crippen LogP contribution is 2.24. The lowest BCUT2D eigenvalue weighted by Gasteiger charge is -2.35. The molecule has 1 N–H and O–H groups in total. The van der Waals surface area contributed by atoms with Crippen LogP contribution in [0.4, 0.5) is 11.4 Å². The van der Waals surface area contributed by atoms with Gasteiger partial charge in [0.2, 0.25) is 5.91 Å². The van der Waals surface area contributed by atoms with Gasteiger partial charge in [0.05, 0.1) is 0 Å². The first-order valence-electron chi connectivity index (χ1n) is 9.69. The van der Waals surface area contributed by atoms with E-state index in [1.165, 1.54) is 5.69 Å². The van der Waals surface area contributed by atoms with Crippen molar-refractivity contribution in [2.75, 3.05) is 42.9 Å². The number of piperazine rings is 1. The fraction of sp³-hybridized carbons (Fsp3) is 0.348. The van der Waals surface area contributed by atoms with Gasteiger partial charge in [-0.2, -0.15) is 0 Å². The third-order valence-corrected chi connectivity index (χ3v) is 5.23. The van der Waals surface area contributed by atoms with E-state index in [0.717, 1.165) is 55.1 Å². The van der Waals surface area contributed by atoms with Crippen LogP contribution < -0.4 is 10.2 Å². The molecule has 0 aromatic heterocycles. The Morgan fingerprint density at radius 2 is 1.78 bits per heavy atom. The zero-order chi connectivity index (χ0) is 19.2. The summed E-state index contributed by atoms with van der Waals surface area (Å²) in [7, 11) is 0. The van der Waals surface area contributed by atoms with E-state index in [-0.39, 0.29) is 5.91 Å². The third kappa shape index (κ3) is 4.98. The maximum Gasteiger partial charge on any atom is 0.248 e. The molecule has 3 rings (SSSR count). The fourth-order valence-electron chi connectivity index (χ4n) is 3.46. The zero-order valence-electron chi connectivity index (χ0n) is 16.5. The molecular formula is C23H29N3O. The fourth-order valence-corrected chi connectivity index (χ4v) is 3.46. The number of anilines is 2. The number of aryl methyl sites for hydroxylation is 1. The van der Waals surface area contributed by atoms with E-state index in [9.17, 15) is 4.79 Å². The Morgan fingerprint density at radius 3 is 2.41 bits per heavy atom. The third-order valence-electron chi connectivity index (χ3n) is 5.23. The molecule has 2 aromatic rings. The van der Waals surface area contributed by atoms with Gasteiger partial charge in [0, 0.05) is 43.6 Å². The van der Waals surface area contributed by atoms with Crippen molar-refractivity contribution >= 4 is 22.9 Å². The van der Waals surface area contributed by atoms with Crippen molar-refractivity contribution in [3.05, 3.63) is 65.7 Å². The lowest BCUT2D eigenvalue weighted by molar-refractivity contribution is -0.111. The van der Waals surface area contributed by atoms with Crippen molar-refractivity contribution in [2.45, 2.75) is 20.8 Å². The Bertz CT molecular complexity index is 806. The molecule has 1 aliphatic rings. The van der Waals surface area contributed by atoms with Gasteiger partial charge in [-0.15, -0.1) is 0 Å². The van der Waals surface area contributed by atoms with E-state index in [2.05, 4.69) is 41.1 Å². The summed E-state index contributed by atoms with van der Waals surface area (Å²) in [6.45, 7) is 11.7. The van der Waals surface area contributed by atoms with Crippen molar-refractivity contribution in [1.82, 2.24) is 4.90 Å². The molecule has 0 spiro atoms. The molecular weight excluding hydrogens is 334 g/mol. The molecule has 2 aromatic carbocycles. The lowest BCUT2D eigenvalue weighted by Crippen LogP contribution is -2.46. The van der Waals surface area contributed by atoms with Crippen molar-refractivity contribution in [3.63, 3.8) is 0 Å². The molecule has 1 heterocycles. The number of rotatable bonds is 5. The number of hydrogen-bond donors (Lipinski definition) is 1. The molecule has 1 amide bonds. The van der Waals surface area contributed by atoms with Gasteiger partial charge in [-0.1, -0.05) is 37.3 Å². The number of nitrogens with one attached hydrogen (secondary N) is 1. The second kappa shape index (κ2) is 8.87. The van der Waals surface area contributed by atoms with Gasteiger partial charge in [-0.25, -0.2) is 0 Å². The first kappa shape index (κ1) is 19.2. The zero-order valence-corrected chi connectivity index (χ0v) is 16.5. The number of nitrogens with zero attached hydrogens (tertiary/aromatic N) is 2. The van der Waals surface area contributed by atoms with Gasteiger partial charge in [0.1, 0.15) is 0 Å². The minimum atomic E-state index is -0.0937. The van der Waals surface area contributed by atoms with Crippen LogP contribution in [0.15, 0.2) is 54.6 Å². The Kier molecular flexibility index (Phi) is 6.30. The van der Waals surface area contributed by atoms with Crippen LogP contribution in [0, 0.1) is 6.92 Å². The van der Waals surface area contributed by atoms with E-state index in [0.29, 0.717) is 0 Å². The van der Waals surface area contributed by atoms with E-state index in [4.69, 9.17) is 0 Å². The Morgan fingerprint density at radius 1 is 1.07 bits per heavy atom. The summed E-state index contributed by atoms with van der Waals surface area (Å²) in [5, 5.41) is 3.02. The predicted octanol–water partition coefficient (Wildman–Crippen LogP) is 4.18. The minimum Gasteiger partial charge on any atom is -0.369 e. The van der Waals surface area contributed by atoms with Gasteiger partial charge in [-0.05, 0) is 55.3 Å². The molecule has 0 aliphatic carbocycles. The molecule has 0 bridgehead atoms. The van der Waals surface area contributed by atoms with Crippen LogP contribution in [0.3, 0.4) is 0 Å². The number of allylic oxidation sites excluding steroid dienone is 1. The van der Waals surface area contributed by atoms with Crippen molar-refractivity contribution in [2.24, 2.45) is 0 Å². The van der Waals surface area contributed by atoms with Crippen LogP contribution in [0.2, 0.25) is 0 Å². The van der Waals surface area contributed by atoms with E-state index < -0.39 is 0 Å². The summed E-state index contributed by atoms with van der Waals surface area (Å²) in [6, 6.07) is 16.3. The number of carbonyl (C=O) groups is 1. The average molecular weight is 364 g/mol. The number of carbonyl (C=O) groups excluding carboxylic acids is 1. The highest BCUT2D eigenvalue weighted by molar-refractivity contribution is 6.04. The largest absolute Gasteiger partial charge is 0.369 e. The SMILES string of the molecule is CCN1CCN(c2ccc(NC(=O)/C=C(\C)c3ccccc3)c(C)c2)CC1. The maximum absolute atomic E-state index is 12.4. The molecule has 1 fully saturated rings. The topological polar surface area (TPSA) is 35.6 Å². The van der Waals surface area contributed by atoms with E-state index in [1.807, 2.05) is 43.3 Å². The Hall–Kier alpha value is -2.59. The summed E-state index contributed by atoms with van der Waals surface area (Å²) < 4.78 is 0. The predicted molar refractivity (Wildman–Crippen MR) is 114 cm³/mol. The molecule has 4 nitrogen and oxygen atoms in total. The van der Waals surface area contributed by atoms with Crippen LogP contribution in [-0.4, -0.2) is 43.5 Å². The first-order valence-corrected chi connectivity index (χ1v) is 9.69. The van der Waals surface area contributed by atoms with Crippen molar-refractivity contribution in [1.29, 1.82) is 0 Å². The minimum absolute atomic E-state index is 0.0937. The highest BCUT2D eigenvalue weighted by atomic mass is 16.1. The summed E-state index contributed by atoms with van der Waals surface area (Å²) in [5.41, 5.74) is 5.21. The summed E-state index contributed by atoms with van der Waals surface area (Å²) in [6.07, 6.45) is 1.66. The molecule has 0 atom stereocenters. The van der Waals surface area contributed by atoms with Crippen molar-refractivity contribution < 1.29 is 4.79 Å². The molecule has 4 heteroatoms. The van der Waals surface area contributed by atoms with Crippen LogP contribution >= 0.6 is 0 Å². The number of hydrogen-bond acceptors (Lipinski definition) is 3. The van der Waals surface area contributed by atoms with Crippen LogP contribution in [0.25, 0.3) is 5.57 Å². The second-order valence-corrected chi connectivity index (χ2v) is 7.10. The Balaban J connectivity index is 1.65. The van der Waals surface area contributed by atoms with Gasteiger partial charge in [-0.3, -0.25) is 4.79 Å². The monoisotopic (exact) mass is 363 g/mol. The van der Waals surface area contributed by atoms with E-state index >= 15 is 0 Å². The smallest absolute Gasteiger partial charge is 0.248 e. The van der Waals surface area contributed by atoms with Gasteiger partial charge >= 0.3 is 0 Å². The Labute approximate surface area is 162 Å². The normalized spacial score (nSPS) is 15.7. The summed E-state index contributed by atoms with van der Waals surface area (Å²) in [4.78, 5) is 17.3. The molecule has 0 saturated carbocycles. The van der Waals surface area contributed by atoms with E-state index in [1.54, 1.807) is 6.08 Å². The van der Waals surface area contributed by atoms with Gasteiger partial charge in [0.15, 0.2) is 0 Å². The molecule has 1 aliphatic heterocycles. The lowest BCUT2D eigenvalue weighted by atomic mass is 10.1. The quantitative estimate of drug-likeness (QED) is 0.810. The van der Waals surface area contributed by atoms with Crippen LogP contribution in [0.5, 0.6) is 0 Å². The maximum atomic E-state index is 12.4. The molecule has 142 valence electrons. The first-order chi connectivity index (χ1) is 13.1. The van der Waals surface area contributed by atoms with Crippen LogP contribution in [-0.2, 0) is 4.79 Å². The highest BCUT2D eigenvalue weighted by Gasteiger charge is 2.16. The van der Waals surface area contributed by atoms with Crippen LogP contribution in [0.1, 0.15) is 25.0 Å². The summed E-state index contributed by atoms with van der Waals surface area (Å²) >= 11 is 0. The standard InChI is InChI=1S/C23H29N3O/c1-4-25-12-14-26(15-13-25)21-10-11-22(19(3)16-21)24-23(27)17-18(2)20-8-6-5-7-9-20/h5-11,16-17H,4,12-15H2,1-3H3,(H,24,27)/b18-17+. The van der Waals surface area contributed by atoms with Crippen molar-refractivity contribution in [3.8, 4) is 0 Å². The second-order valence-electron chi connectivity index (χ2n) is 7.10. The van der Waals surface area contributed by atoms with Gasteiger partial charge < -0.3 is 15.1 Å². The number of amides is 1. The number of benzene rings is 2. The molecule has 1 saturated heterocycles. The molecule has 0 radical (unpaired) electrons. The van der Waals surface area contributed by atoms with Gasteiger partial charge in [0.25, 0.3) is 0 Å². The molecule has 27 heavy (non-hydrogen) atoms. The number of likely N-dealkylation sites (N-methyl/N-ethyl adjacent to an activating group) is 1. The summed E-state index contributed by atoms with van der Waals surface area (Å²) in [5.74, 6) is -0.0937. The molecule has 0 unspecified atom stereocenters.